The summed E-state index contributed by atoms with van der Waals surface area (Å²) in [6, 6.07) is -2.20. The van der Waals surface area contributed by atoms with Crippen LogP contribution in [0, 0.1) is 11.8 Å². The second-order valence-electron chi connectivity index (χ2n) is 14.9. The molecule has 7 amide bonds. The van der Waals surface area contributed by atoms with Crippen molar-refractivity contribution in [1.29, 1.82) is 0 Å². The smallest absolute Gasteiger partial charge is 0.326 e. The third kappa shape index (κ3) is 19.3. The van der Waals surface area contributed by atoms with Crippen LogP contribution in [0.2, 0.25) is 0 Å². The van der Waals surface area contributed by atoms with Crippen LogP contribution in [0.15, 0.2) is 30.3 Å². The fourth-order valence-corrected chi connectivity index (χ4v) is 5.61. The van der Waals surface area contributed by atoms with Crippen LogP contribution in [0.4, 0.5) is 0 Å². The Kier molecular flexibility index (Phi) is 21.2. The first kappa shape index (κ1) is 50.9. The van der Waals surface area contributed by atoms with Crippen molar-refractivity contribution in [2.75, 3.05) is 0 Å². The van der Waals surface area contributed by atoms with Crippen LogP contribution in [0.25, 0.3) is 0 Å². The van der Waals surface area contributed by atoms with Crippen molar-refractivity contribution in [2.45, 2.75) is 129 Å². The first-order valence-corrected chi connectivity index (χ1v) is 18.9. The van der Waals surface area contributed by atoms with Gasteiger partial charge in [-0.25, -0.2) is 4.79 Å². The Morgan fingerprint density at radius 2 is 0.932 bits per heavy atom. The van der Waals surface area contributed by atoms with Crippen molar-refractivity contribution in [3.05, 3.63) is 35.9 Å². The minimum absolute atomic E-state index is 0.00703. The summed E-state index contributed by atoms with van der Waals surface area (Å²) in [4.78, 5) is 126. The zero-order valence-electron chi connectivity index (χ0n) is 34.1. The van der Waals surface area contributed by atoms with E-state index in [-0.39, 0.29) is 31.1 Å². The van der Waals surface area contributed by atoms with E-state index in [1.54, 1.807) is 58.0 Å². The average molecular weight is 836 g/mol. The number of hydrogen-bond donors (Lipinski definition) is 11. The number of aliphatic carboxylic acids is 3. The van der Waals surface area contributed by atoms with Gasteiger partial charge >= 0.3 is 17.9 Å². The molecule has 0 aromatic heterocycles. The lowest BCUT2D eigenvalue weighted by atomic mass is 10.0. The number of carboxylic acid groups (broad SMARTS) is 3. The minimum atomic E-state index is -1.85. The van der Waals surface area contributed by atoms with E-state index in [1.807, 2.05) is 0 Å². The molecule has 0 bridgehead atoms. The summed E-state index contributed by atoms with van der Waals surface area (Å²) < 4.78 is 0. The predicted molar refractivity (Wildman–Crippen MR) is 208 cm³/mol. The number of aliphatic hydroxyl groups excluding tert-OH is 1. The van der Waals surface area contributed by atoms with Gasteiger partial charge < -0.3 is 57.6 Å². The highest BCUT2D eigenvalue weighted by atomic mass is 16.4. The summed E-state index contributed by atoms with van der Waals surface area (Å²) in [5.41, 5.74) is 0.682. The van der Waals surface area contributed by atoms with Crippen LogP contribution in [-0.2, 0) is 54.4 Å². The van der Waals surface area contributed by atoms with Crippen LogP contribution < -0.4 is 37.2 Å². The highest BCUT2D eigenvalue weighted by Crippen LogP contribution is 2.10. The second-order valence-corrected chi connectivity index (χ2v) is 14.9. The first-order chi connectivity index (χ1) is 27.4. The van der Waals surface area contributed by atoms with E-state index in [1.165, 1.54) is 13.8 Å². The summed E-state index contributed by atoms with van der Waals surface area (Å²) in [5, 5.41) is 54.9. The number of hydrogen-bond acceptors (Lipinski definition) is 11. The summed E-state index contributed by atoms with van der Waals surface area (Å²) in [6.45, 7) is 10.3. The van der Waals surface area contributed by atoms with Crippen LogP contribution in [-0.4, -0.2) is 128 Å². The fourth-order valence-electron chi connectivity index (χ4n) is 5.61. The van der Waals surface area contributed by atoms with Gasteiger partial charge in [0, 0.05) is 13.3 Å². The molecule has 0 spiro atoms. The molecular formula is C38H57N7O14. The summed E-state index contributed by atoms with van der Waals surface area (Å²) in [5.74, 6) is -11.8. The SMILES string of the molecule is CC(=O)N[C@@H](Cc1ccccc1)C(=O)N[C@H](C(=O)N[C@@H](CC(C)C)C(=O)N[C@@H](CC(=O)O)C(=O)N[C@@H](C)C(=O)N[C@@H](CC(=O)O)C(=O)N[C@@H](CC(C)C)C(=O)O)[C@H](C)O. The molecule has 0 aliphatic heterocycles. The number of aliphatic hydroxyl groups is 1. The molecule has 0 saturated carbocycles. The number of nitrogens with one attached hydrogen (secondary N) is 7. The van der Waals surface area contributed by atoms with E-state index in [0.717, 1.165) is 6.92 Å². The summed E-state index contributed by atoms with van der Waals surface area (Å²) in [6.07, 6.45) is -3.54. The molecule has 21 nitrogen and oxygen atoms in total. The van der Waals surface area contributed by atoms with Crippen molar-refractivity contribution < 1.29 is 68.4 Å². The van der Waals surface area contributed by atoms with Crippen LogP contribution >= 0.6 is 0 Å². The Labute approximate surface area is 341 Å². The molecule has 1 aromatic carbocycles. The monoisotopic (exact) mass is 835 g/mol. The average Bonchev–Trinajstić information content (AvgIpc) is 3.11. The maximum atomic E-state index is 13.6. The van der Waals surface area contributed by atoms with Gasteiger partial charge in [-0.3, -0.25) is 43.2 Å². The summed E-state index contributed by atoms with van der Waals surface area (Å²) >= 11 is 0. The number of carbonyl (C=O) groups excluding carboxylic acids is 7. The lowest BCUT2D eigenvalue weighted by molar-refractivity contribution is -0.144. The quantitative estimate of drug-likeness (QED) is 0.0517. The van der Waals surface area contributed by atoms with Gasteiger partial charge in [-0.15, -0.1) is 0 Å². The van der Waals surface area contributed by atoms with Gasteiger partial charge in [0.2, 0.25) is 41.4 Å². The van der Waals surface area contributed by atoms with Gasteiger partial charge in [0.15, 0.2) is 0 Å². The Morgan fingerprint density at radius 1 is 0.508 bits per heavy atom. The molecule has 1 rings (SSSR count). The Hall–Kier alpha value is -6.12. The van der Waals surface area contributed by atoms with Crippen LogP contribution in [0.1, 0.15) is 79.7 Å². The predicted octanol–water partition coefficient (Wildman–Crippen LogP) is -1.83. The van der Waals surface area contributed by atoms with Crippen LogP contribution in [0.3, 0.4) is 0 Å². The van der Waals surface area contributed by atoms with E-state index in [9.17, 15) is 68.4 Å². The number of benzene rings is 1. The Bertz CT molecular complexity index is 1670. The van der Waals surface area contributed by atoms with Gasteiger partial charge in [0.25, 0.3) is 0 Å². The molecule has 0 radical (unpaired) electrons. The second kappa shape index (κ2) is 24.6. The van der Waals surface area contributed by atoms with Gasteiger partial charge in [-0.1, -0.05) is 58.0 Å². The lowest BCUT2D eigenvalue weighted by Gasteiger charge is -2.28. The van der Waals surface area contributed by atoms with Gasteiger partial charge in [-0.2, -0.15) is 0 Å². The maximum absolute atomic E-state index is 13.6. The van der Waals surface area contributed by atoms with Crippen molar-refractivity contribution in [1.82, 2.24) is 37.2 Å². The standard InChI is InChI=1S/C38H57N7O14/c1-18(2)13-24(43-37(57)31(21(6)46)45-36(56)25(40-22(7)47)15-23-11-9-8-10-12-23)34(54)42-26(16-29(48)49)33(53)39-20(5)32(52)41-27(17-30(50)51)35(55)44-28(38(58)59)14-19(3)4/h8-12,18-21,24-28,31,46H,13-17H2,1-7H3,(H,39,53)(H,40,47)(H,41,52)(H,42,54)(H,43,57)(H,44,55)(H,45,56)(H,48,49)(H,50,51)(H,58,59)/t20-,21-,24-,25-,26-,27-,28-,31-/m0/s1. The van der Waals surface area contributed by atoms with Crippen molar-refractivity contribution in [3.8, 4) is 0 Å². The molecule has 1 aromatic rings. The van der Waals surface area contributed by atoms with E-state index in [0.29, 0.717) is 5.56 Å². The van der Waals surface area contributed by atoms with Crippen molar-refractivity contribution in [3.63, 3.8) is 0 Å². The molecule has 8 atom stereocenters. The zero-order valence-corrected chi connectivity index (χ0v) is 34.1. The number of carboxylic acids is 3. The first-order valence-electron chi connectivity index (χ1n) is 18.9. The highest BCUT2D eigenvalue weighted by molar-refractivity contribution is 5.98. The molecule has 0 aliphatic rings. The molecule has 0 fully saturated rings. The third-order valence-electron chi connectivity index (χ3n) is 8.48. The molecule has 59 heavy (non-hydrogen) atoms. The number of rotatable bonds is 25. The maximum Gasteiger partial charge on any atom is 0.326 e. The minimum Gasteiger partial charge on any atom is -0.481 e. The van der Waals surface area contributed by atoms with Gasteiger partial charge in [0.1, 0.15) is 42.3 Å². The molecule has 0 heterocycles. The van der Waals surface area contributed by atoms with Gasteiger partial charge in [0.05, 0.1) is 18.9 Å². The molecule has 328 valence electrons. The Balaban J connectivity index is 3.20. The molecule has 0 saturated heterocycles. The van der Waals surface area contributed by atoms with Crippen molar-refractivity contribution >= 4 is 59.3 Å². The van der Waals surface area contributed by atoms with E-state index in [2.05, 4.69) is 37.2 Å². The lowest BCUT2D eigenvalue weighted by Crippen LogP contribution is -2.61. The molecule has 0 aliphatic carbocycles. The fraction of sp³-hybridized carbons (Fsp3) is 0.579. The summed E-state index contributed by atoms with van der Waals surface area (Å²) in [7, 11) is 0. The number of amides is 7. The van der Waals surface area contributed by atoms with Crippen LogP contribution in [0.5, 0.6) is 0 Å². The highest BCUT2D eigenvalue weighted by Gasteiger charge is 2.35. The van der Waals surface area contributed by atoms with E-state index in [4.69, 9.17) is 0 Å². The molecule has 21 heteroatoms. The zero-order chi connectivity index (χ0) is 45.1. The van der Waals surface area contributed by atoms with Gasteiger partial charge in [-0.05, 0) is 44.1 Å². The Morgan fingerprint density at radius 3 is 1.39 bits per heavy atom. The van der Waals surface area contributed by atoms with E-state index < -0.39 is 120 Å². The molecule has 11 N–H and O–H groups in total. The topological polar surface area (TPSA) is 336 Å². The third-order valence-corrected chi connectivity index (χ3v) is 8.48. The van der Waals surface area contributed by atoms with Crippen molar-refractivity contribution in [2.24, 2.45) is 11.8 Å². The normalized spacial score (nSPS) is 15.1. The van der Waals surface area contributed by atoms with E-state index >= 15 is 0 Å². The molecule has 0 unspecified atom stereocenters. The number of carbonyl (C=O) groups is 10. The molecular weight excluding hydrogens is 778 g/mol. The largest absolute Gasteiger partial charge is 0.481 e.